The molecule has 4 heteroatoms. The van der Waals surface area contributed by atoms with Gasteiger partial charge in [0.15, 0.2) is 9.84 Å². The molecular formula is C15H29NO2S. The zero-order valence-electron chi connectivity index (χ0n) is 12.4. The van der Waals surface area contributed by atoms with E-state index >= 15 is 0 Å². The lowest BCUT2D eigenvalue weighted by molar-refractivity contribution is 0.308. The quantitative estimate of drug-likeness (QED) is 0.865. The van der Waals surface area contributed by atoms with E-state index in [0.717, 1.165) is 51.5 Å². The van der Waals surface area contributed by atoms with Gasteiger partial charge in [-0.1, -0.05) is 33.1 Å². The summed E-state index contributed by atoms with van der Waals surface area (Å²) in [6.45, 7) is 5.14. The van der Waals surface area contributed by atoms with Crippen LogP contribution in [0.4, 0.5) is 0 Å². The Labute approximate surface area is 118 Å². The standard InChI is InChI=1S/C15H29NO2S/c1-3-16-14-10-9-12(2)11-15(14)19(17,18)13-7-5-4-6-8-13/h12-16H,3-11H2,1-2H3. The first kappa shape index (κ1) is 15.3. The van der Waals surface area contributed by atoms with Crippen LogP contribution in [0, 0.1) is 5.92 Å². The Morgan fingerprint density at radius 2 is 1.74 bits per heavy atom. The second kappa shape index (κ2) is 6.57. The molecule has 0 radical (unpaired) electrons. The van der Waals surface area contributed by atoms with Gasteiger partial charge in [-0.3, -0.25) is 0 Å². The lowest BCUT2D eigenvalue weighted by Crippen LogP contribution is -2.50. The van der Waals surface area contributed by atoms with Crippen molar-refractivity contribution in [1.29, 1.82) is 0 Å². The maximum Gasteiger partial charge on any atom is 0.157 e. The Hall–Kier alpha value is -0.0900. The van der Waals surface area contributed by atoms with E-state index in [2.05, 4.69) is 19.2 Å². The third kappa shape index (κ3) is 3.52. The van der Waals surface area contributed by atoms with E-state index in [4.69, 9.17) is 0 Å². The fourth-order valence-electron chi connectivity index (χ4n) is 3.83. The van der Waals surface area contributed by atoms with Crippen LogP contribution in [0.1, 0.15) is 65.2 Å². The molecular weight excluding hydrogens is 258 g/mol. The minimum atomic E-state index is -2.95. The molecule has 0 bridgehead atoms. The summed E-state index contributed by atoms with van der Waals surface area (Å²) < 4.78 is 25.9. The van der Waals surface area contributed by atoms with Crippen LogP contribution in [0.5, 0.6) is 0 Å². The van der Waals surface area contributed by atoms with Crippen molar-refractivity contribution in [3.8, 4) is 0 Å². The normalized spacial score (nSPS) is 34.3. The largest absolute Gasteiger partial charge is 0.313 e. The van der Waals surface area contributed by atoms with Crippen LogP contribution in [0.15, 0.2) is 0 Å². The topological polar surface area (TPSA) is 46.2 Å². The number of hydrogen-bond donors (Lipinski definition) is 1. The first-order chi connectivity index (χ1) is 9.05. The Bertz CT molecular complexity index is 374. The Kier molecular flexibility index (Phi) is 5.29. The van der Waals surface area contributed by atoms with Crippen molar-refractivity contribution >= 4 is 9.84 Å². The lowest BCUT2D eigenvalue weighted by Gasteiger charge is -2.37. The van der Waals surface area contributed by atoms with Crippen molar-refractivity contribution in [2.24, 2.45) is 5.92 Å². The van der Waals surface area contributed by atoms with Gasteiger partial charge in [-0.15, -0.1) is 0 Å². The third-order valence-corrected chi connectivity index (χ3v) is 7.72. The molecule has 0 heterocycles. The molecule has 1 N–H and O–H groups in total. The van der Waals surface area contributed by atoms with Crippen LogP contribution in [0.2, 0.25) is 0 Å². The fraction of sp³-hybridized carbons (Fsp3) is 1.00. The molecule has 0 saturated heterocycles. The van der Waals surface area contributed by atoms with E-state index in [-0.39, 0.29) is 16.5 Å². The summed E-state index contributed by atoms with van der Waals surface area (Å²) in [7, 11) is -2.95. The Morgan fingerprint density at radius 3 is 2.37 bits per heavy atom. The summed E-state index contributed by atoms with van der Waals surface area (Å²) in [5.74, 6) is 0.554. The van der Waals surface area contributed by atoms with E-state index in [1.807, 2.05) is 0 Å². The molecule has 3 unspecified atom stereocenters. The number of hydrogen-bond acceptors (Lipinski definition) is 3. The summed E-state index contributed by atoms with van der Waals surface area (Å²) in [4.78, 5) is 0. The molecule has 3 nitrogen and oxygen atoms in total. The summed E-state index contributed by atoms with van der Waals surface area (Å²) in [6.07, 6.45) is 8.23. The fourth-order valence-corrected chi connectivity index (χ4v) is 6.60. The first-order valence-corrected chi connectivity index (χ1v) is 9.62. The monoisotopic (exact) mass is 287 g/mol. The molecule has 3 atom stereocenters. The maximum atomic E-state index is 12.9. The second-order valence-corrected chi connectivity index (χ2v) is 8.92. The van der Waals surface area contributed by atoms with Crippen LogP contribution in [0.3, 0.4) is 0 Å². The highest BCUT2D eigenvalue weighted by molar-refractivity contribution is 7.92. The molecule has 0 amide bonds. The van der Waals surface area contributed by atoms with Gasteiger partial charge in [0.25, 0.3) is 0 Å². The van der Waals surface area contributed by atoms with Crippen molar-refractivity contribution in [3.05, 3.63) is 0 Å². The number of rotatable bonds is 4. The Balaban J connectivity index is 2.14. The molecule has 19 heavy (non-hydrogen) atoms. The smallest absolute Gasteiger partial charge is 0.157 e. The third-order valence-electron chi connectivity index (χ3n) is 4.96. The number of nitrogens with one attached hydrogen (secondary N) is 1. The molecule has 0 spiro atoms. The molecule has 0 aromatic carbocycles. The zero-order valence-corrected chi connectivity index (χ0v) is 13.2. The molecule has 0 aliphatic heterocycles. The summed E-state index contributed by atoms with van der Waals surface area (Å²) in [5, 5.41) is 3.22. The van der Waals surface area contributed by atoms with Gasteiger partial charge < -0.3 is 5.32 Å². The van der Waals surface area contributed by atoms with Gasteiger partial charge in [0, 0.05) is 6.04 Å². The molecule has 2 fully saturated rings. The van der Waals surface area contributed by atoms with E-state index in [0.29, 0.717) is 5.92 Å². The van der Waals surface area contributed by atoms with E-state index in [1.54, 1.807) is 0 Å². The predicted octanol–water partition coefficient (Wildman–Crippen LogP) is 2.90. The van der Waals surface area contributed by atoms with Crippen molar-refractivity contribution in [1.82, 2.24) is 5.32 Å². The van der Waals surface area contributed by atoms with Gasteiger partial charge in [0.1, 0.15) is 0 Å². The van der Waals surface area contributed by atoms with Crippen LogP contribution in [-0.4, -0.2) is 31.5 Å². The van der Waals surface area contributed by atoms with Crippen LogP contribution in [0.25, 0.3) is 0 Å². The van der Waals surface area contributed by atoms with Gasteiger partial charge in [0.2, 0.25) is 0 Å². The minimum Gasteiger partial charge on any atom is -0.313 e. The SMILES string of the molecule is CCNC1CCC(C)CC1S(=O)(=O)C1CCCCC1. The van der Waals surface area contributed by atoms with E-state index in [9.17, 15) is 8.42 Å². The first-order valence-electron chi connectivity index (χ1n) is 8.01. The van der Waals surface area contributed by atoms with Crippen molar-refractivity contribution in [3.63, 3.8) is 0 Å². The molecule has 2 aliphatic carbocycles. The van der Waals surface area contributed by atoms with Crippen LogP contribution in [-0.2, 0) is 9.84 Å². The summed E-state index contributed by atoms with van der Waals surface area (Å²) >= 11 is 0. The van der Waals surface area contributed by atoms with Gasteiger partial charge >= 0.3 is 0 Å². The van der Waals surface area contributed by atoms with Gasteiger partial charge in [0.05, 0.1) is 10.5 Å². The van der Waals surface area contributed by atoms with Crippen LogP contribution >= 0.6 is 0 Å². The van der Waals surface area contributed by atoms with Crippen molar-refractivity contribution < 1.29 is 8.42 Å². The molecule has 2 saturated carbocycles. The van der Waals surface area contributed by atoms with Gasteiger partial charge in [-0.25, -0.2) is 8.42 Å². The molecule has 112 valence electrons. The molecule has 0 aromatic heterocycles. The maximum absolute atomic E-state index is 12.9. The summed E-state index contributed by atoms with van der Waals surface area (Å²) in [5.41, 5.74) is 0. The minimum absolute atomic E-state index is 0.0577. The highest BCUT2D eigenvalue weighted by Crippen LogP contribution is 2.34. The molecule has 2 rings (SSSR count). The predicted molar refractivity (Wildman–Crippen MR) is 80.1 cm³/mol. The second-order valence-electron chi connectivity index (χ2n) is 6.47. The van der Waals surface area contributed by atoms with Crippen molar-refractivity contribution in [2.75, 3.05) is 6.54 Å². The number of sulfone groups is 1. The Morgan fingerprint density at radius 1 is 1.05 bits per heavy atom. The highest BCUT2D eigenvalue weighted by Gasteiger charge is 2.41. The highest BCUT2D eigenvalue weighted by atomic mass is 32.2. The van der Waals surface area contributed by atoms with E-state index < -0.39 is 9.84 Å². The van der Waals surface area contributed by atoms with Crippen molar-refractivity contribution in [2.45, 2.75) is 81.8 Å². The zero-order chi connectivity index (χ0) is 13.9. The van der Waals surface area contributed by atoms with Gasteiger partial charge in [-0.05, 0) is 44.6 Å². The molecule has 2 aliphatic rings. The van der Waals surface area contributed by atoms with E-state index in [1.165, 1.54) is 6.42 Å². The lowest BCUT2D eigenvalue weighted by atomic mass is 9.87. The molecule has 0 aromatic rings. The van der Waals surface area contributed by atoms with Gasteiger partial charge in [-0.2, -0.15) is 0 Å². The summed E-state index contributed by atoms with van der Waals surface area (Å²) in [6, 6.07) is 0.188. The average molecular weight is 287 g/mol. The average Bonchev–Trinajstić information content (AvgIpc) is 2.42. The van der Waals surface area contributed by atoms with Crippen LogP contribution < -0.4 is 5.32 Å².